The van der Waals surface area contributed by atoms with Crippen molar-refractivity contribution in [3.8, 4) is 0 Å². The molecule has 0 radical (unpaired) electrons. The van der Waals surface area contributed by atoms with E-state index in [1.165, 1.54) is 0 Å². The lowest BCUT2D eigenvalue weighted by molar-refractivity contribution is 0.0953. The first-order chi connectivity index (χ1) is 11.7. The van der Waals surface area contributed by atoms with E-state index in [1.54, 1.807) is 11.3 Å². The zero-order valence-electron chi connectivity index (χ0n) is 13.1. The fraction of sp³-hybridized carbons (Fsp3) is 0.0526. The zero-order valence-corrected chi connectivity index (χ0v) is 13.9. The second-order valence-electron chi connectivity index (χ2n) is 5.53. The second kappa shape index (κ2) is 5.94. The average molecular weight is 333 g/mol. The Morgan fingerprint density at radius 3 is 2.58 bits per heavy atom. The van der Waals surface area contributed by atoms with E-state index < -0.39 is 0 Å². The van der Waals surface area contributed by atoms with Crippen LogP contribution in [-0.2, 0) is 7.05 Å². The maximum atomic E-state index is 12.4. The van der Waals surface area contributed by atoms with Crippen molar-refractivity contribution >= 4 is 38.2 Å². The maximum absolute atomic E-state index is 12.4. The molecule has 1 heterocycles. The Balaban J connectivity index is 1.66. The molecule has 0 saturated carbocycles. The van der Waals surface area contributed by atoms with E-state index in [9.17, 15) is 4.79 Å². The number of hydrogen-bond acceptors (Lipinski definition) is 3. The molecule has 4 rings (SSSR count). The number of para-hydroxylation sites is 1. The van der Waals surface area contributed by atoms with Gasteiger partial charge < -0.3 is 4.57 Å². The van der Waals surface area contributed by atoms with E-state index in [0.29, 0.717) is 5.56 Å². The first-order valence-corrected chi connectivity index (χ1v) is 8.41. The van der Waals surface area contributed by atoms with Gasteiger partial charge in [0.15, 0.2) is 0 Å². The van der Waals surface area contributed by atoms with Gasteiger partial charge in [-0.1, -0.05) is 53.8 Å². The van der Waals surface area contributed by atoms with Crippen LogP contribution in [0.2, 0.25) is 0 Å². The Kier molecular flexibility index (Phi) is 3.63. The first kappa shape index (κ1) is 14.7. The Morgan fingerprint density at radius 2 is 1.75 bits per heavy atom. The van der Waals surface area contributed by atoms with Crippen LogP contribution in [0.15, 0.2) is 71.8 Å². The topological polar surface area (TPSA) is 46.4 Å². The smallest absolute Gasteiger partial charge is 0.271 e. The Bertz CT molecular complexity index is 1120. The molecule has 1 N–H and O–H groups in total. The average Bonchev–Trinajstić information content (AvgIpc) is 2.95. The predicted molar refractivity (Wildman–Crippen MR) is 97.8 cm³/mol. The molecule has 5 heteroatoms. The van der Waals surface area contributed by atoms with E-state index in [2.05, 4.69) is 10.5 Å². The van der Waals surface area contributed by atoms with Crippen LogP contribution in [0.25, 0.3) is 21.0 Å². The molecule has 0 fully saturated rings. The van der Waals surface area contributed by atoms with Crippen molar-refractivity contribution in [3.63, 3.8) is 0 Å². The minimum atomic E-state index is -0.210. The van der Waals surface area contributed by atoms with Crippen LogP contribution in [0.4, 0.5) is 0 Å². The van der Waals surface area contributed by atoms with Gasteiger partial charge in [0.05, 0.1) is 10.2 Å². The zero-order chi connectivity index (χ0) is 16.5. The number of nitrogens with zero attached hydrogens (tertiary/aromatic N) is 2. The van der Waals surface area contributed by atoms with E-state index in [-0.39, 0.29) is 5.91 Å². The molecule has 0 aliphatic carbocycles. The van der Waals surface area contributed by atoms with Crippen molar-refractivity contribution in [3.05, 3.63) is 77.1 Å². The van der Waals surface area contributed by atoms with Gasteiger partial charge in [-0.25, -0.2) is 5.43 Å². The van der Waals surface area contributed by atoms with Crippen LogP contribution in [0.5, 0.6) is 0 Å². The van der Waals surface area contributed by atoms with Gasteiger partial charge in [0.2, 0.25) is 4.80 Å². The summed E-state index contributed by atoms with van der Waals surface area (Å²) in [5.74, 6) is -0.210. The van der Waals surface area contributed by atoms with Crippen molar-refractivity contribution in [1.29, 1.82) is 0 Å². The summed E-state index contributed by atoms with van der Waals surface area (Å²) in [7, 11) is 1.94. The van der Waals surface area contributed by atoms with Crippen molar-refractivity contribution in [2.75, 3.05) is 0 Å². The molecule has 0 aliphatic heterocycles. The molecule has 3 aromatic carbocycles. The van der Waals surface area contributed by atoms with Gasteiger partial charge in [0, 0.05) is 12.6 Å². The fourth-order valence-electron chi connectivity index (χ4n) is 2.68. The third kappa shape index (κ3) is 2.59. The van der Waals surface area contributed by atoms with Crippen LogP contribution in [-0.4, -0.2) is 10.5 Å². The van der Waals surface area contributed by atoms with E-state index >= 15 is 0 Å². The van der Waals surface area contributed by atoms with Gasteiger partial charge in [0.25, 0.3) is 5.91 Å². The van der Waals surface area contributed by atoms with E-state index in [0.717, 1.165) is 25.8 Å². The predicted octanol–water partition coefficient (Wildman–Crippen LogP) is 3.64. The highest BCUT2D eigenvalue weighted by atomic mass is 32.1. The molecular formula is C19H15N3OS. The van der Waals surface area contributed by atoms with Gasteiger partial charge in [-0.05, 0) is 35.0 Å². The second-order valence-corrected chi connectivity index (χ2v) is 6.54. The van der Waals surface area contributed by atoms with Crippen molar-refractivity contribution < 1.29 is 4.79 Å². The van der Waals surface area contributed by atoms with E-state index in [1.807, 2.05) is 78.3 Å². The van der Waals surface area contributed by atoms with Crippen LogP contribution in [0.3, 0.4) is 0 Å². The monoisotopic (exact) mass is 333 g/mol. The van der Waals surface area contributed by atoms with Crippen molar-refractivity contribution in [1.82, 2.24) is 9.99 Å². The van der Waals surface area contributed by atoms with Crippen LogP contribution in [0, 0.1) is 0 Å². The number of thiazole rings is 1. The molecule has 0 unspecified atom stereocenters. The molecule has 1 aromatic heterocycles. The summed E-state index contributed by atoms with van der Waals surface area (Å²) >= 11 is 1.55. The number of benzene rings is 3. The summed E-state index contributed by atoms with van der Waals surface area (Å²) in [5, 5.41) is 6.43. The fourth-order valence-corrected chi connectivity index (χ4v) is 3.66. The summed E-state index contributed by atoms with van der Waals surface area (Å²) in [6.45, 7) is 0. The van der Waals surface area contributed by atoms with Gasteiger partial charge in [0.1, 0.15) is 0 Å². The lowest BCUT2D eigenvalue weighted by Crippen LogP contribution is -2.23. The Morgan fingerprint density at radius 1 is 1.00 bits per heavy atom. The maximum Gasteiger partial charge on any atom is 0.271 e. The number of amides is 1. The SMILES string of the molecule is Cn1/c(=N\NC(=O)c2ccc3ccccc3c2)sc2ccccc21. The molecule has 0 spiro atoms. The quantitative estimate of drug-likeness (QED) is 0.559. The summed E-state index contributed by atoms with van der Waals surface area (Å²) in [6.07, 6.45) is 0. The molecule has 24 heavy (non-hydrogen) atoms. The highest BCUT2D eigenvalue weighted by Crippen LogP contribution is 2.16. The number of carbonyl (C=O) groups excluding carboxylic acids is 1. The molecule has 118 valence electrons. The highest BCUT2D eigenvalue weighted by molar-refractivity contribution is 7.16. The number of rotatable bonds is 2. The Labute approximate surface area is 142 Å². The Hall–Kier alpha value is -2.92. The minimum Gasteiger partial charge on any atom is -0.318 e. The minimum absolute atomic E-state index is 0.210. The third-order valence-corrected chi connectivity index (χ3v) is 5.09. The first-order valence-electron chi connectivity index (χ1n) is 7.60. The number of aromatic nitrogens is 1. The number of aryl methyl sites for hydroxylation is 1. The van der Waals surface area contributed by atoms with Crippen molar-refractivity contribution in [2.24, 2.45) is 12.1 Å². The molecule has 0 aliphatic rings. The summed E-state index contributed by atoms with van der Waals surface area (Å²) in [4.78, 5) is 13.1. The molecule has 4 aromatic rings. The molecular weight excluding hydrogens is 318 g/mol. The lowest BCUT2D eigenvalue weighted by atomic mass is 10.1. The van der Waals surface area contributed by atoms with E-state index in [4.69, 9.17) is 0 Å². The molecule has 0 saturated heterocycles. The lowest BCUT2D eigenvalue weighted by Gasteiger charge is -2.02. The third-order valence-electron chi connectivity index (χ3n) is 3.98. The van der Waals surface area contributed by atoms with Gasteiger partial charge >= 0.3 is 0 Å². The number of carbonyl (C=O) groups is 1. The molecule has 1 amide bonds. The molecule has 0 atom stereocenters. The number of nitrogens with one attached hydrogen (secondary N) is 1. The van der Waals surface area contributed by atoms with Crippen LogP contribution >= 0.6 is 11.3 Å². The van der Waals surface area contributed by atoms with Crippen molar-refractivity contribution in [2.45, 2.75) is 0 Å². The van der Waals surface area contributed by atoms with Gasteiger partial charge in [-0.15, -0.1) is 5.10 Å². The van der Waals surface area contributed by atoms with Gasteiger partial charge in [-0.2, -0.15) is 0 Å². The standard InChI is InChI=1S/C19H15N3OS/c1-22-16-8-4-5-9-17(16)24-19(22)21-20-18(23)15-11-10-13-6-2-3-7-14(13)12-15/h2-12H,1H3,(H,20,23)/b21-19+. The summed E-state index contributed by atoms with van der Waals surface area (Å²) in [6, 6.07) is 21.7. The number of hydrogen-bond donors (Lipinski definition) is 1. The number of fused-ring (bicyclic) bond motifs is 2. The molecule has 4 nitrogen and oxygen atoms in total. The van der Waals surface area contributed by atoms with Crippen LogP contribution in [0.1, 0.15) is 10.4 Å². The normalized spacial score (nSPS) is 12.0. The molecule has 0 bridgehead atoms. The summed E-state index contributed by atoms with van der Waals surface area (Å²) in [5.41, 5.74) is 4.35. The van der Waals surface area contributed by atoms with Crippen LogP contribution < -0.4 is 10.2 Å². The summed E-state index contributed by atoms with van der Waals surface area (Å²) < 4.78 is 3.11. The van der Waals surface area contributed by atoms with Gasteiger partial charge in [-0.3, -0.25) is 4.79 Å². The highest BCUT2D eigenvalue weighted by Gasteiger charge is 2.06. The largest absolute Gasteiger partial charge is 0.318 e.